The van der Waals surface area contributed by atoms with Crippen LogP contribution >= 0.6 is 0 Å². The van der Waals surface area contributed by atoms with Crippen molar-refractivity contribution in [3.63, 3.8) is 0 Å². The summed E-state index contributed by atoms with van der Waals surface area (Å²) in [4.78, 5) is 23.2. The van der Waals surface area contributed by atoms with Crippen LogP contribution in [-0.2, 0) is 19.1 Å². The Morgan fingerprint density at radius 2 is 1.35 bits per heavy atom. The molecule has 4 aliphatic rings. The Labute approximate surface area is 139 Å². The maximum Gasteiger partial charge on any atom is 0.306 e. The second-order valence-electron chi connectivity index (χ2n) is 8.11. The van der Waals surface area contributed by atoms with Gasteiger partial charge in [-0.15, -0.1) is 0 Å². The fourth-order valence-electron chi connectivity index (χ4n) is 5.54. The van der Waals surface area contributed by atoms with Crippen LogP contribution in [-0.4, -0.2) is 25.2 Å². The van der Waals surface area contributed by atoms with E-state index in [4.69, 9.17) is 9.47 Å². The first-order valence-corrected chi connectivity index (χ1v) is 9.40. The summed E-state index contributed by atoms with van der Waals surface area (Å²) >= 11 is 0. The van der Waals surface area contributed by atoms with Crippen molar-refractivity contribution in [2.75, 3.05) is 13.2 Å². The van der Waals surface area contributed by atoms with Crippen LogP contribution in [0, 0.1) is 23.2 Å². The molecule has 4 saturated carbocycles. The van der Waals surface area contributed by atoms with E-state index in [1.54, 1.807) is 0 Å². The Bertz CT molecular complexity index is 407. The average Bonchev–Trinajstić information content (AvgIpc) is 2.49. The fourth-order valence-corrected chi connectivity index (χ4v) is 5.54. The number of ether oxygens (including phenoxy) is 2. The Balaban J connectivity index is 1.35. The van der Waals surface area contributed by atoms with Crippen molar-refractivity contribution in [3.05, 3.63) is 0 Å². The van der Waals surface area contributed by atoms with Crippen LogP contribution in [0.1, 0.15) is 71.1 Å². The minimum absolute atomic E-state index is 0.135. The van der Waals surface area contributed by atoms with Crippen molar-refractivity contribution in [3.8, 4) is 0 Å². The number of rotatable bonds is 8. The summed E-state index contributed by atoms with van der Waals surface area (Å²) in [5.41, 5.74) is 0.453. The Kier molecular flexibility index (Phi) is 5.27. The van der Waals surface area contributed by atoms with Crippen molar-refractivity contribution in [1.29, 1.82) is 0 Å². The predicted molar refractivity (Wildman–Crippen MR) is 86.7 cm³/mol. The molecule has 4 rings (SSSR count). The topological polar surface area (TPSA) is 52.6 Å². The van der Waals surface area contributed by atoms with Crippen LogP contribution in [0.5, 0.6) is 0 Å². The van der Waals surface area contributed by atoms with Crippen molar-refractivity contribution in [2.45, 2.75) is 71.1 Å². The molecule has 4 fully saturated rings. The molecule has 130 valence electrons. The maximum absolute atomic E-state index is 11.8. The lowest BCUT2D eigenvalue weighted by Gasteiger charge is -2.57. The number of carbonyl (C=O) groups is 2. The van der Waals surface area contributed by atoms with Gasteiger partial charge in [-0.1, -0.05) is 6.92 Å². The largest absolute Gasteiger partial charge is 0.466 e. The van der Waals surface area contributed by atoms with Crippen LogP contribution in [0.25, 0.3) is 0 Å². The summed E-state index contributed by atoms with van der Waals surface area (Å²) < 4.78 is 10.4. The smallest absolute Gasteiger partial charge is 0.306 e. The molecule has 0 aromatic carbocycles. The molecule has 0 aromatic rings. The summed E-state index contributed by atoms with van der Waals surface area (Å²) in [6.07, 6.45) is 10.5. The maximum atomic E-state index is 11.8. The third-order valence-electron chi connectivity index (χ3n) is 6.06. The Hall–Kier alpha value is -1.06. The van der Waals surface area contributed by atoms with Gasteiger partial charge < -0.3 is 9.47 Å². The summed E-state index contributed by atoms with van der Waals surface area (Å²) in [6.45, 7) is 2.90. The van der Waals surface area contributed by atoms with Crippen LogP contribution in [0.3, 0.4) is 0 Å². The first-order chi connectivity index (χ1) is 11.1. The summed E-state index contributed by atoms with van der Waals surface area (Å²) in [5, 5.41) is 0. The highest BCUT2D eigenvalue weighted by molar-refractivity contribution is 5.77. The molecule has 0 radical (unpaired) electrons. The van der Waals surface area contributed by atoms with Crippen LogP contribution < -0.4 is 0 Å². The highest BCUT2D eigenvalue weighted by Crippen LogP contribution is 2.61. The molecule has 4 aliphatic carbocycles. The molecular formula is C19H30O4. The Morgan fingerprint density at radius 1 is 0.870 bits per heavy atom. The standard InChI is InChI=1S/C19H30O4/c1-2-6-22-17(20)3-4-18(21)23-7-5-19-11-14-8-15(12-19)10-16(9-14)13-19/h14-16H,2-13H2,1H3. The molecule has 0 heterocycles. The molecule has 0 aliphatic heterocycles. The van der Waals surface area contributed by atoms with Gasteiger partial charge in [0.2, 0.25) is 0 Å². The van der Waals surface area contributed by atoms with E-state index < -0.39 is 0 Å². The van der Waals surface area contributed by atoms with Gasteiger partial charge in [-0.05, 0) is 74.5 Å². The second-order valence-corrected chi connectivity index (χ2v) is 8.11. The van der Waals surface area contributed by atoms with E-state index in [9.17, 15) is 9.59 Å². The van der Waals surface area contributed by atoms with Gasteiger partial charge in [-0.2, -0.15) is 0 Å². The van der Waals surface area contributed by atoms with Gasteiger partial charge >= 0.3 is 11.9 Å². The minimum atomic E-state index is -0.301. The van der Waals surface area contributed by atoms with Crippen LogP contribution in [0.2, 0.25) is 0 Å². The number of hydrogen-bond donors (Lipinski definition) is 0. The highest BCUT2D eigenvalue weighted by Gasteiger charge is 2.50. The zero-order valence-corrected chi connectivity index (χ0v) is 14.4. The molecule has 0 amide bonds. The first kappa shape index (κ1) is 16.8. The molecule has 0 N–H and O–H groups in total. The van der Waals surface area contributed by atoms with E-state index in [1.165, 1.54) is 38.5 Å². The molecule has 0 aromatic heterocycles. The van der Waals surface area contributed by atoms with Gasteiger partial charge in [0.1, 0.15) is 0 Å². The zero-order valence-electron chi connectivity index (χ0n) is 14.4. The van der Waals surface area contributed by atoms with Crippen molar-refractivity contribution in [1.82, 2.24) is 0 Å². The van der Waals surface area contributed by atoms with E-state index in [0.29, 0.717) is 18.6 Å². The SMILES string of the molecule is CCCOC(=O)CCC(=O)OCCC12CC3CC(CC(C3)C1)C2. The van der Waals surface area contributed by atoms with Gasteiger partial charge in [-0.25, -0.2) is 0 Å². The molecular weight excluding hydrogens is 292 g/mol. The highest BCUT2D eigenvalue weighted by atomic mass is 16.5. The van der Waals surface area contributed by atoms with Gasteiger partial charge in [0.05, 0.1) is 26.1 Å². The van der Waals surface area contributed by atoms with Crippen LogP contribution in [0.15, 0.2) is 0 Å². The molecule has 23 heavy (non-hydrogen) atoms. The van der Waals surface area contributed by atoms with E-state index in [-0.39, 0.29) is 24.8 Å². The van der Waals surface area contributed by atoms with Crippen molar-refractivity contribution >= 4 is 11.9 Å². The number of hydrogen-bond acceptors (Lipinski definition) is 4. The van der Waals surface area contributed by atoms with E-state index in [2.05, 4.69) is 0 Å². The van der Waals surface area contributed by atoms with Crippen LogP contribution in [0.4, 0.5) is 0 Å². The third-order valence-corrected chi connectivity index (χ3v) is 6.06. The molecule has 4 heteroatoms. The molecule has 0 spiro atoms. The molecule has 0 saturated heterocycles. The van der Waals surface area contributed by atoms with Gasteiger partial charge in [0, 0.05) is 0 Å². The fraction of sp³-hybridized carbons (Fsp3) is 0.895. The van der Waals surface area contributed by atoms with E-state index >= 15 is 0 Å². The summed E-state index contributed by atoms with van der Waals surface area (Å²) in [5.74, 6) is 2.24. The normalized spacial score (nSPS) is 34.4. The van der Waals surface area contributed by atoms with Gasteiger partial charge in [0.15, 0.2) is 0 Å². The number of esters is 2. The lowest BCUT2D eigenvalue weighted by atomic mass is 9.49. The zero-order chi connectivity index (χ0) is 16.3. The van der Waals surface area contributed by atoms with E-state index in [1.807, 2.05) is 6.92 Å². The number of carbonyl (C=O) groups excluding carboxylic acids is 2. The van der Waals surface area contributed by atoms with Gasteiger partial charge in [-0.3, -0.25) is 9.59 Å². The molecule has 4 nitrogen and oxygen atoms in total. The van der Waals surface area contributed by atoms with Crippen molar-refractivity contribution < 1.29 is 19.1 Å². The quantitative estimate of drug-likeness (QED) is 0.637. The van der Waals surface area contributed by atoms with Crippen molar-refractivity contribution in [2.24, 2.45) is 23.2 Å². The third kappa shape index (κ3) is 4.27. The second kappa shape index (κ2) is 7.23. The van der Waals surface area contributed by atoms with Gasteiger partial charge in [0.25, 0.3) is 0 Å². The lowest BCUT2D eigenvalue weighted by molar-refractivity contribution is -0.151. The first-order valence-electron chi connectivity index (χ1n) is 9.40. The summed E-state index contributed by atoms with van der Waals surface area (Å²) in [7, 11) is 0. The molecule has 4 bridgehead atoms. The Morgan fingerprint density at radius 3 is 1.83 bits per heavy atom. The predicted octanol–water partition coefficient (Wildman–Crippen LogP) is 3.87. The average molecular weight is 322 g/mol. The lowest BCUT2D eigenvalue weighted by Crippen LogP contribution is -2.46. The minimum Gasteiger partial charge on any atom is -0.466 e. The monoisotopic (exact) mass is 322 g/mol. The molecule has 0 unspecified atom stereocenters. The molecule has 0 atom stereocenters. The summed E-state index contributed by atoms with van der Waals surface area (Å²) in [6, 6.07) is 0. The van der Waals surface area contributed by atoms with E-state index in [0.717, 1.165) is 30.6 Å².